The lowest BCUT2D eigenvalue weighted by Gasteiger charge is -2.06. The molecule has 17 heavy (non-hydrogen) atoms. The van der Waals surface area contributed by atoms with Crippen LogP contribution in [-0.2, 0) is 0 Å². The second-order valence-corrected chi connectivity index (χ2v) is 3.49. The molecule has 2 N–H and O–H groups in total. The van der Waals surface area contributed by atoms with Gasteiger partial charge in [0.05, 0.1) is 29.7 Å². The van der Waals surface area contributed by atoms with Gasteiger partial charge in [0.25, 0.3) is 0 Å². The van der Waals surface area contributed by atoms with Crippen molar-refractivity contribution in [3.8, 4) is 17.8 Å². The van der Waals surface area contributed by atoms with E-state index in [-0.39, 0.29) is 6.01 Å². The lowest BCUT2D eigenvalue weighted by Crippen LogP contribution is -1.95. The van der Waals surface area contributed by atoms with Gasteiger partial charge in [-0.2, -0.15) is 5.26 Å². The zero-order chi connectivity index (χ0) is 12.3. The molecule has 84 valence electrons. The van der Waals surface area contributed by atoms with Gasteiger partial charge in [0.15, 0.2) is 0 Å². The second kappa shape index (κ2) is 4.49. The van der Waals surface area contributed by atoms with E-state index < -0.39 is 0 Å². The highest BCUT2D eigenvalue weighted by atomic mass is 16.5. The van der Waals surface area contributed by atoms with Crippen LogP contribution in [0.15, 0.2) is 30.6 Å². The van der Waals surface area contributed by atoms with E-state index >= 15 is 0 Å². The summed E-state index contributed by atoms with van der Waals surface area (Å²) in [4.78, 5) is 7.87. The van der Waals surface area contributed by atoms with E-state index in [4.69, 9.17) is 15.7 Å². The number of benzene rings is 1. The highest BCUT2D eigenvalue weighted by Crippen LogP contribution is 2.23. The molecule has 0 unspecified atom stereocenters. The zero-order valence-corrected chi connectivity index (χ0v) is 9.21. The maximum Gasteiger partial charge on any atom is 0.322 e. The van der Waals surface area contributed by atoms with Gasteiger partial charge in [0.1, 0.15) is 5.75 Å². The molecule has 0 amide bonds. The quantitative estimate of drug-likeness (QED) is 0.846. The third-order valence-corrected chi connectivity index (χ3v) is 2.15. The summed E-state index contributed by atoms with van der Waals surface area (Å²) < 4.78 is 5.48. The third kappa shape index (κ3) is 2.49. The Morgan fingerprint density at radius 1 is 1.29 bits per heavy atom. The molecule has 0 fully saturated rings. The predicted octanol–water partition coefficient (Wildman–Crippen LogP) is 2.03. The van der Waals surface area contributed by atoms with E-state index in [1.165, 1.54) is 12.4 Å². The lowest BCUT2D eigenvalue weighted by molar-refractivity contribution is 0.439. The number of nitrogens with zero attached hydrogens (tertiary/aromatic N) is 3. The van der Waals surface area contributed by atoms with Crippen LogP contribution in [0.5, 0.6) is 11.8 Å². The van der Waals surface area contributed by atoms with Crippen molar-refractivity contribution in [1.82, 2.24) is 9.97 Å². The molecule has 5 nitrogen and oxygen atoms in total. The van der Waals surface area contributed by atoms with Crippen LogP contribution >= 0.6 is 0 Å². The van der Waals surface area contributed by atoms with Crippen LogP contribution in [0.2, 0.25) is 0 Å². The van der Waals surface area contributed by atoms with Gasteiger partial charge < -0.3 is 10.5 Å². The van der Waals surface area contributed by atoms with Crippen molar-refractivity contribution < 1.29 is 4.74 Å². The molecule has 2 aromatic rings. The summed E-state index contributed by atoms with van der Waals surface area (Å²) in [6.07, 6.45) is 2.95. The van der Waals surface area contributed by atoms with Crippen LogP contribution in [0.25, 0.3) is 0 Å². The van der Waals surface area contributed by atoms with E-state index in [1.807, 2.05) is 6.92 Å². The van der Waals surface area contributed by atoms with Crippen molar-refractivity contribution in [2.45, 2.75) is 6.92 Å². The lowest BCUT2D eigenvalue weighted by atomic mass is 10.1. The molecule has 0 atom stereocenters. The Hall–Kier alpha value is -2.61. The maximum atomic E-state index is 8.74. The molecule has 5 heteroatoms. The predicted molar refractivity (Wildman–Crippen MR) is 62.4 cm³/mol. The Morgan fingerprint density at radius 2 is 2.00 bits per heavy atom. The summed E-state index contributed by atoms with van der Waals surface area (Å²) in [5, 5.41) is 8.74. The Kier molecular flexibility index (Phi) is 2.88. The standard InChI is InChI=1S/C12H10N4O/c1-8-4-9(5-13)2-3-11(8)17-12-15-6-10(14)7-16-12/h2-4,6-7H,14H2,1H3. The van der Waals surface area contributed by atoms with Crippen molar-refractivity contribution in [3.05, 3.63) is 41.7 Å². The molecule has 0 saturated heterocycles. The number of anilines is 1. The average molecular weight is 226 g/mol. The Morgan fingerprint density at radius 3 is 2.59 bits per heavy atom. The summed E-state index contributed by atoms with van der Waals surface area (Å²) in [7, 11) is 0. The number of nitrogens with two attached hydrogens (primary N) is 1. The number of aromatic nitrogens is 2. The van der Waals surface area contributed by atoms with Gasteiger partial charge >= 0.3 is 6.01 Å². The van der Waals surface area contributed by atoms with Crippen LogP contribution in [0.1, 0.15) is 11.1 Å². The summed E-state index contributed by atoms with van der Waals surface area (Å²) in [5.74, 6) is 0.619. The van der Waals surface area contributed by atoms with Gasteiger partial charge in [-0.3, -0.25) is 0 Å². The van der Waals surface area contributed by atoms with Gasteiger partial charge in [-0.05, 0) is 30.7 Å². The van der Waals surface area contributed by atoms with Gasteiger partial charge in [-0.1, -0.05) is 0 Å². The highest BCUT2D eigenvalue weighted by molar-refractivity contribution is 5.42. The Balaban J connectivity index is 2.25. The molecule has 1 aromatic heterocycles. The molecule has 0 aliphatic carbocycles. The number of hydrogen-bond donors (Lipinski definition) is 1. The van der Waals surface area contributed by atoms with Crippen LogP contribution in [0.4, 0.5) is 5.69 Å². The number of aryl methyl sites for hydroxylation is 1. The van der Waals surface area contributed by atoms with Gasteiger partial charge in [0.2, 0.25) is 0 Å². The fourth-order valence-electron chi connectivity index (χ4n) is 1.31. The molecule has 1 aromatic carbocycles. The summed E-state index contributed by atoms with van der Waals surface area (Å²) in [5.41, 5.74) is 7.39. The summed E-state index contributed by atoms with van der Waals surface area (Å²) in [6.45, 7) is 1.85. The van der Waals surface area contributed by atoms with Gasteiger partial charge in [-0.15, -0.1) is 0 Å². The molecule has 1 heterocycles. The smallest absolute Gasteiger partial charge is 0.322 e. The van der Waals surface area contributed by atoms with E-state index in [0.717, 1.165) is 5.56 Å². The first-order chi connectivity index (χ1) is 8.19. The molecule has 0 aliphatic heterocycles. The summed E-state index contributed by atoms with van der Waals surface area (Å²) in [6, 6.07) is 7.43. The monoisotopic (exact) mass is 226 g/mol. The van der Waals surface area contributed by atoms with Crippen molar-refractivity contribution >= 4 is 5.69 Å². The Labute approximate surface area is 98.5 Å². The number of nitrogen functional groups attached to an aromatic ring is 1. The minimum Gasteiger partial charge on any atom is -0.424 e. The van der Waals surface area contributed by atoms with Crippen LogP contribution in [0.3, 0.4) is 0 Å². The van der Waals surface area contributed by atoms with Crippen LogP contribution < -0.4 is 10.5 Å². The second-order valence-electron chi connectivity index (χ2n) is 3.49. The first-order valence-corrected chi connectivity index (χ1v) is 4.95. The van der Waals surface area contributed by atoms with E-state index in [9.17, 15) is 0 Å². The molecule has 0 aliphatic rings. The first-order valence-electron chi connectivity index (χ1n) is 4.95. The topological polar surface area (TPSA) is 84.8 Å². The fourth-order valence-corrected chi connectivity index (χ4v) is 1.31. The summed E-state index contributed by atoms with van der Waals surface area (Å²) >= 11 is 0. The Bertz CT molecular complexity index is 572. The molecule has 2 rings (SSSR count). The minimum atomic E-state index is 0.229. The number of rotatable bonds is 2. The first kappa shape index (κ1) is 10.9. The largest absolute Gasteiger partial charge is 0.424 e. The van der Waals surface area contributed by atoms with Gasteiger partial charge in [0, 0.05) is 0 Å². The fraction of sp³-hybridized carbons (Fsp3) is 0.0833. The third-order valence-electron chi connectivity index (χ3n) is 2.15. The molecule has 0 radical (unpaired) electrons. The van der Waals surface area contributed by atoms with Crippen LogP contribution in [-0.4, -0.2) is 9.97 Å². The number of nitriles is 1. The van der Waals surface area contributed by atoms with E-state index in [0.29, 0.717) is 17.0 Å². The van der Waals surface area contributed by atoms with Crippen molar-refractivity contribution in [2.24, 2.45) is 0 Å². The highest BCUT2D eigenvalue weighted by Gasteiger charge is 2.04. The molecule has 0 saturated carbocycles. The van der Waals surface area contributed by atoms with Crippen LogP contribution in [0, 0.1) is 18.3 Å². The van der Waals surface area contributed by atoms with Gasteiger partial charge in [-0.25, -0.2) is 9.97 Å². The number of hydrogen-bond acceptors (Lipinski definition) is 5. The molecule has 0 bridgehead atoms. The maximum absolute atomic E-state index is 8.74. The molecular formula is C12H10N4O. The van der Waals surface area contributed by atoms with Crippen molar-refractivity contribution in [2.75, 3.05) is 5.73 Å². The SMILES string of the molecule is Cc1cc(C#N)ccc1Oc1ncc(N)cn1. The molecular weight excluding hydrogens is 216 g/mol. The molecule has 0 spiro atoms. The number of ether oxygens (including phenoxy) is 1. The normalized spacial score (nSPS) is 9.65. The van der Waals surface area contributed by atoms with Crippen molar-refractivity contribution in [1.29, 1.82) is 5.26 Å². The van der Waals surface area contributed by atoms with Crippen molar-refractivity contribution in [3.63, 3.8) is 0 Å². The average Bonchev–Trinajstić information content (AvgIpc) is 2.34. The van der Waals surface area contributed by atoms with E-state index in [1.54, 1.807) is 18.2 Å². The minimum absolute atomic E-state index is 0.229. The van der Waals surface area contributed by atoms with E-state index in [2.05, 4.69) is 16.0 Å². The zero-order valence-electron chi connectivity index (χ0n) is 9.21.